The molecular formula is C23H25NO3S. The van der Waals surface area contributed by atoms with Crippen LogP contribution in [0, 0.1) is 6.92 Å². The molecule has 0 unspecified atom stereocenters. The number of hydrogen-bond donors (Lipinski definition) is 0. The molecule has 2 aromatic rings. The van der Waals surface area contributed by atoms with Crippen molar-refractivity contribution in [2.24, 2.45) is 0 Å². The van der Waals surface area contributed by atoms with E-state index in [0.29, 0.717) is 0 Å². The average Bonchev–Trinajstić information content (AvgIpc) is 2.70. The van der Waals surface area contributed by atoms with Gasteiger partial charge in [-0.15, -0.1) is 5.73 Å². The number of methoxy groups -OCH3 is 1. The normalized spacial score (nSPS) is 11.2. The van der Waals surface area contributed by atoms with Gasteiger partial charge < -0.3 is 4.74 Å². The third kappa shape index (κ3) is 5.83. The highest BCUT2D eigenvalue weighted by molar-refractivity contribution is 7.89. The summed E-state index contributed by atoms with van der Waals surface area (Å²) in [6, 6.07) is 14.4. The number of benzene rings is 2. The van der Waals surface area contributed by atoms with Crippen molar-refractivity contribution in [2.45, 2.75) is 11.8 Å². The van der Waals surface area contributed by atoms with Crippen LogP contribution in [0.25, 0.3) is 6.08 Å². The highest BCUT2D eigenvalue weighted by atomic mass is 32.2. The summed E-state index contributed by atoms with van der Waals surface area (Å²) in [6.07, 6.45) is 8.58. The Balaban J connectivity index is 2.25. The van der Waals surface area contributed by atoms with Crippen molar-refractivity contribution in [3.63, 3.8) is 0 Å². The van der Waals surface area contributed by atoms with Gasteiger partial charge in [-0.05, 0) is 37.3 Å². The van der Waals surface area contributed by atoms with E-state index in [1.165, 1.54) is 4.31 Å². The van der Waals surface area contributed by atoms with E-state index < -0.39 is 10.0 Å². The Morgan fingerprint density at radius 3 is 2.50 bits per heavy atom. The zero-order valence-corrected chi connectivity index (χ0v) is 17.0. The minimum absolute atomic E-state index is 0.198. The second-order valence-corrected chi connectivity index (χ2v) is 7.99. The molecule has 0 aromatic heterocycles. The molecule has 0 bridgehead atoms. The van der Waals surface area contributed by atoms with E-state index in [1.54, 1.807) is 61.8 Å². The molecule has 0 saturated heterocycles. The van der Waals surface area contributed by atoms with Crippen molar-refractivity contribution < 1.29 is 13.2 Å². The molecule has 0 aliphatic carbocycles. The van der Waals surface area contributed by atoms with Gasteiger partial charge in [-0.3, -0.25) is 0 Å². The molecule has 0 aliphatic rings. The Kier molecular flexibility index (Phi) is 8.02. The number of aryl methyl sites for hydroxylation is 1. The molecule has 5 heteroatoms. The van der Waals surface area contributed by atoms with Crippen LogP contribution < -0.4 is 4.74 Å². The topological polar surface area (TPSA) is 46.6 Å². The number of sulfonamides is 1. The summed E-state index contributed by atoms with van der Waals surface area (Å²) in [4.78, 5) is 0.271. The molecule has 0 radical (unpaired) electrons. The van der Waals surface area contributed by atoms with Gasteiger partial charge in [0.25, 0.3) is 0 Å². The first-order valence-corrected chi connectivity index (χ1v) is 10.3. The largest absolute Gasteiger partial charge is 0.496 e. The summed E-state index contributed by atoms with van der Waals surface area (Å²) in [5.41, 5.74) is 4.94. The van der Waals surface area contributed by atoms with E-state index >= 15 is 0 Å². The molecule has 0 N–H and O–H groups in total. The van der Waals surface area contributed by atoms with Crippen LogP contribution in [0.15, 0.2) is 90.0 Å². The van der Waals surface area contributed by atoms with Gasteiger partial charge in [0.2, 0.25) is 10.0 Å². The van der Waals surface area contributed by atoms with Crippen LogP contribution in [0.1, 0.15) is 11.1 Å². The fourth-order valence-electron chi connectivity index (χ4n) is 2.49. The number of rotatable bonds is 9. The van der Waals surface area contributed by atoms with Gasteiger partial charge in [0.1, 0.15) is 5.75 Å². The number of para-hydroxylation sites is 1. The summed E-state index contributed by atoms with van der Waals surface area (Å²) in [5, 5.41) is 0. The fraction of sp³-hybridized carbons (Fsp3) is 0.174. The first-order valence-electron chi connectivity index (χ1n) is 8.87. The van der Waals surface area contributed by atoms with Crippen molar-refractivity contribution in [3.05, 3.63) is 96.3 Å². The van der Waals surface area contributed by atoms with Crippen LogP contribution in [0.5, 0.6) is 5.75 Å². The maximum atomic E-state index is 13.0. The molecule has 0 spiro atoms. The minimum Gasteiger partial charge on any atom is -0.496 e. The molecule has 0 fully saturated rings. The lowest BCUT2D eigenvalue weighted by Crippen LogP contribution is -2.31. The quantitative estimate of drug-likeness (QED) is 0.460. The van der Waals surface area contributed by atoms with Crippen molar-refractivity contribution in [3.8, 4) is 5.75 Å². The Morgan fingerprint density at radius 2 is 1.82 bits per heavy atom. The molecule has 146 valence electrons. The highest BCUT2D eigenvalue weighted by Gasteiger charge is 2.22. The van der Waals surface area contributed by atoms with Gasteiger partial charge in [-0.1, -0.05) is 60.7 Å². The van der Waals surface area contributed by atoms with Crippen molar-refractivity contribution >= 4 is 16.1 Å². The summed E-state index contributed by atoms with van der Waals surface area (Å²) in [7, 11) is -2.01. The number of hydrogen-bond acceptors (Lipinski definition) is 3. The maximum absolute atomic E-state index is 13.0. The number of nitrogens with zero attached hydrogens (tertiary/aromatic N) is 1. The molecule has 0 aliphatic heterocycles. The van der Waals surface area contributed by atoms with E-state index in [2.05, 4.69) is 12.3 Å². The summed E-state index contributed by atoms with van der Waals surface area (Å²) < 4.78 is 32.7. The Morgan fingerprint density at radius 1 is 1.11 bits per heavy atom. The van der Waals surface area contributed by atoms with E-state index in [-0.39, 0.29) is 18.0 Å². The molecule has 28 heavy (non-hydrogen) atoms. The Bertz CT molecular complexity index is 983. The summed E-state index contributed by atoms with van der Waals surface area (Å²) >= 11 is 0. The SMILES string of the molecule is C=C/C=C/CN(CC=C=Cc1ccccc1OC)S(=O)(=O)c1ccc(C)cc1. The predicted molar refractivity (Wildman–Crippen MR) is 115 cm³/mol. The lowest BCUT2D eigenvalue weighted by molar-refractivity contribution is 0.414. The van der Waals surface area contributed by atoms with Crippen molar-refractivity contribution in [1.29, 1.82) is 0 Å². The lowest BCUT2D eigenvalue weighted by Gasteiger charge is -2.19. The Hall–Kier alpha value is -2.85. The minimum atomic E-state index is -3.62. The maximum Gasteiger partial charge on any atom is 0.243 e. The highest BCUT2D eigenvalue weighted by Crippen LogP contribution is 2.19. The van der Waals surface area contributed by atoms with Gasteiger partial charge in [-0.25, -0.2) is 8.42 Å². The molecule has 0 amide bonds. The zero-order chi connectivity index (χ0) is 20.4. The van der Waals surface area contributed by atoms with Gasteiger partial charge in [-0.2, -0.15) is 4.31 Å². The van der Waals surface area contributed by atoms with E-state index in [9.17, 15) is 8.42 Å². The molecule has 2 aromatic carbocycles. The summed E-state index contributed by atoms with van der Waals surface area (Å²) in [6.45, 7) is 5.99. The number of ether oxygens (including phenoxy) is 1. The first kappa shape index (κ1) is 21.5. The third-order valence-corrected chi connectivity index (χ3v) is 5.88. The van der Waals surface area contributed by atoms with Crippen molar-refractivity contribution in [1.82, 2.24) is 4.31 Å². The predicted octanol–water partition coefficient (Wildman–Crippen LogP) is 4.61. The van der Waals surface area contributed by atoms with Gasteiger partial charge in [0, 0.05) is 18.7 Å². The molecule has 4 nitrogen and oxygen atoms in total. The monoisotopic (exact) mass is 395 g/mol. The summed E-state index contributed by atoms with van der Waals surface area (Å²) in [5.74, 6) is 0.737. The molecule has 0 atom stereocenters. The van der Waals surface area contributed by atoms with E-state index in [1.807, 2.05) is 31.2 Å². The fourth-order valence-corrected chi connectivity index (χ4v) is 3.82. The van der Waals surface area contributed by atoms with Crippen LogP contribution in [-0.2, 0) is 10.0 Å². The van der Waals surface area contributed by atoms with Gasteiger partial charge in [0.15, 0.2) is 0 Å². The van der Waals surface area contributed by atoms with Gasteiger partial charge >= 0.3 is 0 Å². The van der Waals surface area contributed by atoms with Crippen LogP contribution in [0.4, 0.5) is 0 Å². The number of allylic oxidation sites excluding steroid dienone is 2. The van der Waals surface area contributed by atoms with E-state index in [0.717, 1.165) is 16.9 Å². The standard InChI is InChI=1S/C23H25NO3S/c1-4-5-9-18-24(28(25,26)22-16-14-20(2)15-17-22)19-10-8-12-21-11-6-7-13-23(21)27-3/h4-7,9-17H,1,18-19H2,2-3H3/b9-5+. The molecule has 2 rings (SSSR count). The lowest BCUT2D eigenvalue weighted by atomic mass is 10.2. The van der Waals surface area contributed by atoms with Crippen molar-refractivity contribution in [2.75, 3.05) is 20.2 Å². The van der Waals surface area contributed by atoms with Crippen LogP contribution in [0.2, 0.25) is 0 Å². The third-order valence-electron chi connectivity index (χ3n) is 4.03. The molecular weight excluding hydrogens is 370 g/mol. The van der Waals surface area contributed by atoms with E-state index in [4.69, 9.17) is 4.74 Å². The second kappa shape index (κ2) is 10.5. The van der Waals surface area contributed by atoms with Crippen LogP contribution >= 0.6 is 0 Å². The van der Waals surface area contributed by atoms with Crippen LogP contribution in [-0.4, -0.2) is 32.9 Å². The van der Waals surface area contributed by atoms with Crippen LogP contribution in [0.3, 0.4) is 0 Å². The average molecular weight is 396 g/mol. The second-order valence-electron chi connectivity index (χ2n) is 6.06. The smallest absolute Gasteiger partial charge is 0.243 e. The molecule has 0 saturated carbocycles. The Labute approximate surface area is 167 Å². The zero-order valence-electron chi connectivity index (χ0n) is 16.2. The van der Waals surface area contributed by atoms with Gasteiger partial charge in [0.05, 0.1) is 12.0 Å². The first-order chi connectivity index (χ1) is 13.5. The molecule has 0 heterocycles.